The van der Waals surface area contributed by atoms with Crippen molar-refractivity contribution in [1.82, 2.24) is 5.32 Å². The number of nitrogens with zero attached hydrogens (tertiary/aromatic N) is 1. The van der Waals surface area contributed by atoms with Gasteiger partial charge in [0.15, 0.2) is 0 Å². The van der Waals surface area contributed by atoms with Crippen molar-refractivity contribution in [3.63, 3.8) is 0 Å². The summed E-state index contributed by atoms with van der Waals surface area (Å²) in [5, 5.41) is 3.07. The summed E-state index contributed by atoms with van der Waals surface area (Å²) in [7, 11) is 1.88. The van der Waals surface area contributed by atoms with Gasteiger partial charge in [-0.25, -0.2) is 4.39 Å². The summed E-state index contributed by atoms with van der Waals surface area (Å²) in [5.74, 6) is 0.957. The lowest BCUT2D eigenvalue weighted by atomic mass is 10.1. The molecule has 1 N–H and O–H groups in total. The van der Waals surface area contributed by atoms with Crippen LogP contribution < -0.4 is 10.2 Å². The highest BCUT2D eigenvalue weighted by Crippen LogP contribution is 2.32. The van der Waals surface area contributed by atoms with Gasteiger partial charge in [-0.05, 0) is 44.7 Å². The number of benzene rings is 1. The fourth-order valence-electron chi connectivity index (χ4n) is 2.36. The molecule has 100 valence electrons. The predicted octanol–water partition coefficient (Wildman–Crippen LogP) is 2.88. The number of halogens is 1. The molecular formula is C14H21FN2S. The molecule has 1 aromatic rings. The summed E-state index contributed by atoms with van der Waals surface area (Å²) in [4.78, 5) is 2.29. The highest BCUT2D eigenvalue weighted by atomic mass is 32.2. The van der Waals surface area contributed by atoms with Crippen LogP contribution in [0.4, 0.5) is 10.1 Å². The van der Waals surface area contributed by atoms with E-state index in [0.29, 0.717) is 6.54 Å². The van der Waals surface area contributed by atoms with Gasteiger partial charge in [0.1, 0.15) is 5.82 Å². The molecule has 1 heterocycles. The standard InChI is InChI=1S/C14H21FN2S/c1-14(2)10-17(4-5-18-14)13-7-11(9-16-3)6-12(15)8-13/h6-8,16H,4-5,9-10H2,1-3H3. The molecule has 0 bridgehead atoms. The van der Waals surface area contributed by atoms with Crippen molar-refractivity contribution in [3.05, 3.63) is 29.6 Å². The Morgan fingerprint density at radius 2 is 2.17 bits per heavy atom. The molecule has 0 aliphatic carbocycles. The van der Waals surface area contributed by atoms with Gasteiger partial charge in [-0.2, -0.15) is 11.8 Å². The van der Waals surface area contributed by atoms with Crippen LogP contribution in [0.1, 0.15) is 19.4 Å². The van der Waals surface area contributed by atoms with Crippen LogP contribution in [0.3, 0.4) is 0 Å². The molecule has 4 heteroatoms. The smallest absolute Gasteiger partial charge is 0.125 e. The normalized spacial score (nSPS) is 19.0. The lowest BCUT2D eigenvalue weighted by Crippen LogP contribution is -2.43. The molecule has 18 heavy (non-hydrogen) atoms. The molecule has 1 aliphatic rings. The second-order valence-corrected chi connectivity index (χ2v) is 7.18. The molecule has 0 amide bonds. The summed E-state index contributed by atoms with van der Waals surface area (Å²) in [6.45, 7) is 7.17. The summed E-state index contributed by atoms with van der Waals surface area (Å²) >= 11 is 1.99. The van der Waals surface area contributed by atoms with Crippen molar-refractivity contribution in [2.24, 2.45) is 0 Å². The first-order valence-corrected chi connectivity index (χ1v) is 7.32. The molecular weight excluding hydrogens is 247 g/mol. The van der Waals surface area contributed by atoms with Crippen molar-refractivity contribution in [2.75, 3.05) is 30.8 Å². The third-order valence-electron chi connectivity index (χ3n) is 3.11. The molecule has 2 nitrogen and oxygen atoms in total. The zero-order chi connectivity index (χ0) is 13.2. The van der Waals surface area contributed by atoms with Crippen molar-refractivity contribution in [1.29, 1.82) is 0 Å². The van der Waals surface area contributed by atoms with E-state index in [1.54, 1.807) is 12.1 Å². The Kier molecular flexibility index (Phi) is 4.17. The third kappa shape index (κ3) is 3.39. The average Bonchev–Trinajstić information content (AvgIpc) is 2.27. The number of nitrogens with one attached hydrogen (secondary N) is 1. The Balaban J connectivity index is 2.21. The quantitative estimate of drug-likeness (QED) is 0.907. The van der Waals surface area contributed by atoms with Crippen LogP contribution >= 0.6 is 11.8 Å². The van der Waals surface area contributed by atoms with Crippen LogP contribution in [0.2, 0.25) is 0 Å². The molecule has 0 unspecified atom stereocenters. The van der Waals surface area contributed by atoms with E-state index in [0.717, 1.165) is 30.1 Å². The van der Waals surface area contributed by atoms with E-state index in [4.69, 9.17) is 0 Å². The first-order valence-electron chi connectivity index (χ1n) is 6.33. The largest absolute Gasteiger partial charge is 0.369 e. The molecule has 1 aromatic carbocycles. The zero-order valence-electron chi connectivity index (χ0n) is 11.3. The topological polar surface area (TPSA) is 15.3 Å². The second kappa shape index (κ2) is 5.49. The minimum Gasteiger partial charge on any atom is -0.369 e. The van der Waals surface area contributed by atoms with Gasteiger partial charge in [-0.1, -0.05) is 0 Å². The van der Waals surface area contributed by atoms with Gasteiger partial charge in [0.05, 0.1) is 0 Å². The van der Waals surface area contributed by atoms with E-state index in [9.17, 15) is 4.39 Å². The van der Waals surface area contributed by atoms with Gasteiger partial charge in [-0.3, -0.25) is 0 Å². The monoisotopic (exact) mass is 268 g/mol. The SMILES string of the molecule is CNCc1cc(F)cc(N2CCSC(C)(C)C2)c1. The number of hydrogen-bond donors (Lipinski definition) is 1. The Morgan fingerprint density at radius 1 is 1.39 bits per heavy atom. The lowest BCUT2D eigenvalue weighted by molar-refractivity contribution is 0.615. The summed E-state index contributed by atoms with van der Waals surface area (Å²) < 4.78 is 13.9. The molecule has 1 saturated heterocycles. The molecule has 0 saturated carbocycles. The Bertz CT molecular complexity index is 420. The lowest BCUT2D eigenvalue weighted by Gasteiger charge is -2.39. The van der Waals surface area contributed by atoms with Gasteiger partial charge in [0.2, 0.25) is 0 Å². The van der Waals surface area contributed by atoms with Gasteiger partial charge in [0.25, 0.3) is 0 Å². The average molecular weight is 268 g/mol. The Labute approximate surface area is 113 Å². The van der Waals surface area contributed by atoms with E-state index >= 15 is 0 Å². The third-order valence-corrected chi connectivity index (χ3v) is 4.41. The summed E-state index contributed by atoms with van der Waals surface area (Å²) in [6.07, 6.45) is 0. The molecule has 2 rings (SSSR count). The fraction of sp³-hybridized carbons (Fsp3) is 0.571. The minimum absolute atomic E-state index is 0.145. The molecule has 1 aliphatic heterocycles. The molecule has 0 atom stereocenters. The zero-order valence-corrected chi connectivity index (χ0v) is 12.1. The van der Waals surface area contributed by atoms with E-state index in [1.807, 2.05) is 18.8 Å². The molecule has 0 aromatic heterocycles. The van der Waals surface area contributed by atoms with E-state index in [1.165, 1.54) is 0 Å². The van der Waals surface area contributed by atoms with Crippen LogP contribution in [0.25, 0.3) is 0 Å². The number of rotatable bonds is 3. The summed E-state index contributed by atoms with van der Waals surface area (Å²) in [5.41, 5.74) is 2.01. The maximum absolute atomic E-state index is 13.6. The van der Waals surface area contributed by atoms with Crippen LogP contribution in [0.5, 0.6) is 0 Å². The van der Waals surface area contributed by atoms with Crippen molar-refractivity contribution in [2.45, 2.75) is 25.1 Å². The highest BCUT2D eigenvalue weighted by molar-refractivity contribution is 8.00. The number of anilines is 1. The van der Waals surface area contributed by atoms with E-state index in [2.05, 4.69) is 30.1 Å². The van der Waals surface area contributed by atoms with E-state index < -0.39 is 0 Å². The van der Waals surface area contributed by atoms with Crippen molar-refractivity contribution in [3.8, 4) is 0 Å². The minimum atomic E-state index is -0.145. The number of thioether (sulfide) groups is 1. The van der Waals surface area contributed by atoms with Gasteiger partial charge in [-0.15, -0.1) is 0 Å². The number of hydrogen-bond acceptors (Lipinski definition) is 3. The maximum Gasteiger partial charge on any atom is 0.125 e. The molecule has 0 spiro atoms. The summed E-state index contributed by atoms with van der Waals surface area (Å²) in [6, 6.07) is 5.33. The first-order chi connectivity index (χ1) is 8.50. The Hall–Kier alpha value is -0.740. The second-order valence-electron chi connectivity index (χ2n) is 5.38. The van der Waals surface area contributed by atoms with Crippen LogP contribution in [-0.2, 0) is 6.54 Å². The van der Waals surface area contributed by atoms with Crippen LogP contribution in [0, 0.1) is 5.82 Å². The Morgan fingerprint density at radius 3 is 2.83 bits per heavy atom. The first kappa shape index (κ1) is 13.7. The van der Waals surface area contributed by atoms with Crippen LogP contribution in [0.15, 0.2) is 18.2 Å². The highest BCUT2D eigenvalue weighted by Gasteiger charge is 2.27. The van der Waals surface area contributed by atoms with Gasteiger partial charge >= 0.3 is 0 Å². The maximum atomic E-state index is 13.6. The van der Waals surface area contributed by atoms with Crippen molar-refractivity contribution < 1.29 is 4.39 Å². The van der Waals surface area contributed by atoms with Crippen LogP contribution in [-0.4, -0.2) is 30.6 Å². The van der Waals surface area contributed by atoms with Crippen molar-refractivity contribution >= 4 is 17.4 Å². The van der Waals surface area contributed by atoms with Gasteiger partial charge < -0.3 is 10.2 Å². The molecule has 0 radical (unpaired) electrons. The van der Waals surface area contributed by atoms with E-state index in [-0.39, 0.29) is 10.6 Å². The van der Waals surface area contributed by atoms with Gasteiger partial charge in [0, 0.05) is 35.8 Å². The molecule has 1 fully saturated rings. The predicted molar refractivity (Wildman–Crippen MR) is 77.9 cm³/mol. The fourth-order valence-corrected chi connectivity index (χ4v) is 3.47.